The van der Waals surface area contributed by atoms with Crippen LogP contribution in [0.25, 0.3) is 0 Å². The molecular formula is C12H12BrNO3. The molecule has 1 rings (SSSR count). The molecule has 0 atom stereocenters. The topological polar surface area (TPSA) is 66.4 Å². The predicted octanol–water partition coefficient (Wildman–Crippen LogP) is 3.05. The Balaban J connectivity index is 2.82. The molecule has 1 aromatic carbocycles. The number of nitrogens with one attached hydrogen (secondary N) is 1. The first-order chi connectivity index (χ1) is 8.04. The first-order valence-electron chi connectivity index (χ1n) is 4.98. The fourth-order valence-corrected chi connectivity index (χ4v) is 1.55. The number of carboxylic acids is 1. The highest BCUT2D eigenvalue weighted by Crippen LogP contribution is 2.23. The SMILES string of the molecule is C=CCCC(=O)Nc1cc(C(=O)O)ccc1Br. The van der Waals surface area contributed by atoms with Crippen LogP contribution >= 0.6 is 15.9 Å². The van der Waals surface area contributed by atoms with E-state index in [0.29, 0.717) is 23.0 Å². The summed E-state index contributed by atoms with van der Waals surface area (Å²) in [5.41, 5.74) is 0.589. The van der Waals surface area contributed by atoms with Gasteiger partial charge in [0.2, 0.25) is 5.91 Å². The number of benzene rings is 1. The third-order valence-electron chi connectivity index (χ3n) is 2.06. The number of hydrogen-bond acceptors (Lipinski definition) is 2. The van der Waals surface area contributed by atoms with Gasteiger partial charge in [-0.25, -0.2) is 4.79 Å². The lowest BCUT2D eigenvalue weighted by atomic mass is 10.2. The smallest absolute Gasteiger partial charge is 0.335 e. The summed E-state index contributed by atoms with van der Waals surface area (Å²) < 4.78 is 0.648. The maximum atomic E-state index is 11.5. The van der Waals surface area contributed by atoms with Gasteiger partial charge in [0, 0.05) is 10.9 Å². The third kappa shape index (κ3) is 4.03. The maximum Gasteiger partial charge on any atom is 0.335 e. The van der Waals surface area contributed by atoms with Crippen LogP contribution in [0.3, 0.4) is 0 Å². The molecule has 0 radical (unpaired) electrons. The molecular weight excluding hydrogens is 286 g/mol. The molecule has 0 unspecified atom stereocenters. The second-order valence-electron chi connectivity index (χ2n) is 3.38. The van der Waals surface area contributed by atoms with Crippen LogP contribution < -0.4 is 5.32 Å². The zero-order chi connectivity index (χ0) is 12.8. The quantitative estimate of drug-likeness (QED) is 0.821. The van der Waals surface area contributed by atoms with Crippen molar-refractivity contribution < 1.29 is 14.7 Å². The normalized spacial score (nSPS) is 9.71. The average Bonchev–Trinajstić information content (AvgIpc) is 2.29. The average molecular weight is 298 g/mol. The van der Waals surface area contributed by atoms with Gasteiger partial charge in [0.1, 0.15) is 0 Å². The van der Waals surface area contributed by atoms with Crippen molar-refractivity contribution in [3.8, 4) is 0 Å². The molecule has 0 bridgehead atoms. The van der Waals surface area contributed by atoms with Crippen molar-refractivity contribution in [2.75, 3.05) is 5.32 Å². The van der Waals surface area contributed by atoms with Gasteiger partial charge in [0.05, 0.1) is 11.3 Å². The Morgan fingerprint density at radius 2 is 2.18 bits per heavy atom. The van der Waals surface area contributed by atoms with Crippen LogP contribution in [0.15, 0.2) is 35.3 Å². The van der Waals surface area contributed by atoms with Gasteiger partial charge in [0.25, 0.3) is 0 Å². The molecule has 2 N–H and O–H groups in total. The number of carbonyl (C=O) groups excluding carboxylic acids is 1. The number of hydrogen-bond donors (Lipinski definition) is 2. The van der Waals surface area contributed by atoms with Gasteiger partial charge in [-0.05, 0) is 40.5 Å². The monoisotopic (exact) mass is 297 g/mol. The predicted molar refractivity (Wildman–Crippen MR) is 69.2 cm³/mol. The zero-order valence-electron chi connectivity index (χ0n) is 9.07. The van der Waals surface area contributed by atoms with Crippen molar-refractivity contribution in [3.63, 3.8) is 0 Å². The van der Waals surface area contributed by atoms with E-state index in [9.17, 15) is 9.59 Å². The number of carbonyl (C=O) groups is 2. The van der Waals surface area contributed by atoms with Crippen LogP contribution in [-0.4, -0.2) is 17.0 Å². The highest BCUT2D eigenvalue weighted by molar-refractivity contribution is 9.10. The minimum absolute atomic E-state index is 0.132. The molecule has 5 heteroatoms. The van der Waals surface area contributed by atoms with Crippen molar-refractivity contribution in [2.45, 2.75) is 12.8 Å². The minimum Gasteiger partial charge on any atom is -0.478 e. The molecule has 0 heterocycles. The Kier molecular flexibility index (Phi) is 4.90. The lowest BCUT2D eigenvalue weighted by Gasteiger charge is -2.07. The van der Waals surface area contributed by atoms with Gasteiger partial charge in [0.15, 0.2) is 0 Å². The molecule has 0 aliphatic carbocycles. The van der Waals surface area contributed by atoms with Gasteiger partial charge in [-0.15, -0.1) is 6.58 Å². The van der Waals surface area contributed by atoms with Gasteiger partial charge >= 0.3 is 5.97 Å². The first-order valence-corrected chi connectivity index (χ1v) is 5.77. The summed E-state index contributed by atoms with van der Waals surface area (Å²) in [7, 11) is 0. The van der Waals surface area contributed by atoms with E-state index in [1.807, 2.05) is 0 Å². The van der Waals surface area contributed by atoms with Crippen molar-refractivity contribution in [1.82, 2.24) is 0 Å². The molecule has 0 fully saturated rings. The van der Waals surface area contributed by atoms with Crippen molar-refractivity contribution >= 4 is 33.5 Å². The number of aromatic carboxylic acids is 1. The number of carboxylic acid groups (broad SMARTS) is 1. The van der Waals surface area contributed by atoms with E-state index in [-0.39, 0.29) is 11.5 Å². The summed E-state index contributed by atoms with van der Waals surface area (Å²) >= 11 is 3.25. The molecule has 0 spiro atoms. The molecule has 90 valence electrons. The van der Waals surface area contributed by atoms with Crippen LogP contribution in [0.1, 0.15) is 23.2 Å². The summed E-state index contributed by atoms with van der Waals surface area (Å²) in [6, 6.07) is 4.47. The largest absolute Gasteiger partial charge is 0.478 e. The van der Waals surface area contributed by atoms with E-state index in [4.69, 9.17) is 5.11 Å². The Hall–Kier alpha value is -1.62. The number of allylic oxidation sites excluding steroid dienone is 1. The first kappa shape index (κ1) is 13.4. The number of anilines is 1. The van der Waals surface area contributed by atoms with Crippen molar-refractivity contribution in [1.29, 1.82) is 0 Å². The number of halogens is 1. The van der Waals surface area contributed by atoms with Crippen LogP contribution in [0, 0.1) is 0 Å². The molecule has 1 amide bonds. The highest BCUT2D eigenvalue weighted by atomic mass is 79.9. The van der Waals surface area contributed by atoms with E-state index in [2.05, 4.69) is 27.8 Å². The van der Waals surface area contributed by atoms with Gasteiger partial charge in [-0.2, -0.15) is 0 Å². The van der Waals surface area contributed by atoms with Crippen molar-refractivity contribution in [2.24, 2.45) is 0 Å². The lowest BCUT2D eigenvalue weighted by Crippen LogP contribution is -2.11. The molecule has 0 aliphatic heterocycles. The fraction of sp³-hybridized carbons (Fsp3) is 0.167. The fourth-order valence-electron chi connectivity index (χ4n) is 1.20. The third-order valence-corrected chi connectivity index (χ3v) is 2.75. The second-order valence-corrected chi connectivity index (χ2v) is 4.23. The van der Waals surface area contributed by atoms with E-state index in [1.54, 1.807) is 12.1 Å². The molecule has 17 heavy (non-hydrogen) atoms. The van der Waals surface area contributed by atoms with Gasteiger partial charge in [-0.3, -0.25) is 4.79 Å². The van der Waals surface area contributed by atoms with E-state index < -0.39 is 5.97 Å². The standard InChI is InChI=1S/C12H12BrNO3/c1-2-3-4-11(15)14-10-7-8(12(16)17)5-6-9(10)13/h2,5-7H,1,3-4H2,(H,14,15)(H,16,17). The molecule has 0 aromatic heterocycles. The summed E-state index contributed by atoms with van der Waals surface area (Å²) in [5, 5.41) is 11.5. The molecule has 4 nitrogen and oxygen atoms in total. The Morgan fingerprint density at radius 1 is 1.47 bits per heavy atom. The lowest BCUT2D eigenvalue weighted by molar-refractivity contribution is -0.116. The van der Waals surface area contributed by atoms with Crippen molar-refractivity contribution in [3.05, 3.63) is 40.9 Å². The summed E-state index contributed by atoms with van der Waals surface area (Å²) in [5.74, 6) is -1.20. The van der Waals surface area contributed by atoms with Crippen LogP contribution in [0.2, 0.25) is 0 Å². The molecule has 1 aromatic rings. The minimum atomic E-state index is -1.03. The van der Waals surface area contributed by atoms with Crippen LogP contribution in [-0.2, 0) is 4.79 Å². The molecule has 0 saturated heterocycles. The van der Waals surface area contributed by atoms with E-state index in [1.165, 1.54) is 12.1 Å². The Bertz CT molecular complexity index is 457. The molecule has 0 aliphatic rings. The van der Waals surface area contributed by atoms with Crippen LogP contribution in [0.4, 0.5) is 5.69 Å². The summed E-state index contributed by atoms with van der Waals surface area (Å²) in [6.45, 7) is 3.53. The summed E-state index contributed by atoms with van der Waals surface area (Å²) in [6.07, 6.45) is 2.57. The maximum absolute atomic E-state index is 11.5. The van der Waals surface area contributed by atoms with E-state index >= 15 is 0 Å². The zero-order valence-corrected chi connectivity index (χ0v) is 10.7. The van der Waals surface area contributed by atoms with Crippen LogP contribution in [0.5, 0.6) is 0 Å². The molecule has 0 saturated carbocycles. The van der Waals surface area contributed by atoms with Gasteiger partial charge in [-0.1, -0.05) is 6.08 Å². The van der Waals surface area contributed by atoms with E-state index in [0.717, 1.165) is 0 Å². The Morgan fingerprint density at radius 3 is 2.76 bits per heavy atom. The second kappa shape index (κ2) is 6.20. The Labute approximate surface area is 107 Å². The number of rotatable bonds is 5. The highest BCUT2D eigenvalue weighted by Gasteiger charge is 2.09. The van der Waals surface area contributed by atoms with Gasteiger partial charge < -0.3 is 10.4 Å². The number of amides is 1. The summed E-state index contributed by atoms with van der Waals surface area (Å²) in [4.78, 5) is 22.3.